The summed E-state index contributed by atoms with van der Waals surface area (Å²) in [5.74, 6) is 1.03. The quantitative estimate of drug-likeness (QED) is 0.474. The van der Waals surface area contributed by atoms with Crippen LogP contribution in [-0.2, 0) is 23.4 Å². The second-order valence-electron chi connectivity index (χ2n) is 10.4. The molecule has 4 nitrogen and oxygen atoms in total. The number of fused-ring (bicyclic) bond motifs is 2. The number of hydrogen-bond acceptors (Lipinski definition) is 4. The Morgan fingerprint density at radius 1 is 1.34 bits per heavy atom. The lowest BCUT2D eigenvalue weighted by Gasteiger charge is -2.45. The minimum Gasteiger partial charge on any atom is -0.369 e. The van der Waals surface area contributed by atoms with Crippen LogP contribution in [0.5, 0.6) is 0 Å². The Morgan fingerprint density at radius 3 is 2.62 bits per heavy atom. The molecule has 0 bridgehead atoms. The minimum atomic E-state index is -0.250. The van der Waals surface area contributed by atoms with Crippen molar-refractivity contribution in [3.05, 3.63) is 38.8 Å². The molecule has 0 amide bonds. The standard InChI is InChI=1S/C23H34ClN3OS.C2H5F/c1-16-15-28-23(21-19(16)10-20(24)29-21)6-8-26(9-7-23)13-18-11-25-27(14-18)12-17(2)22(3,4)5;1-2-3/h10-11,14,16-17H,6-9,12-13,15H2,1-5H3;2H2,1H3. The number of thiophene rings is 1. The fourth-order valence-corrected chi connectivity index (χ4v) is 5.94. The van der Waals surface area contributed by atoms with Gasteiger partial charge in [0.05, 0.1) is 23.8 Å². The molecule has 2 aromatic heterocycles. The maximum Gasteiger partial charge on any atom is 0.105 e. The topological polar surface area (TPSA) is 30.3 Å². The summed E-state index contributed by atoms with van der Waals surface area (Å²) in [5.41, 5.74) is 2.89. The molecule has 2 aromatic rings. The van der Waals surface area contributed by atoms with Gasteiger partial charge in [-0.25, -0.2) is 0 Å². The number of hydrogen-bond donors (Lipinski definition) is 0. The highest BCUT2D eigenvalue weighted by Crippen LogP contribution is 2.49. The number of likely N-dealkylation sites (tertiary alicyclic amines) is 1. The molecule has 7 heteroatoms. The van der Waals surface area contributed by atoms with Crippen molar-refractivity contribution >= 4 is 22.9 Å². The first-order chi connectivity index (χ1) is 15.1. The van der Waals surface area contributed by atoms with E-state index in [0.717, 1.165) is 50.0 Å². The average Bonchev–Trinajstić information content (AvgIpc) is 3.33. The van der Waals surface area contributed by atoms with Gasteiger partial charge in [-0.2, -0.15) is 5.10 Å². The van der Waals surface area contributed by atoms with Crippen molar-refractivity contribution in [1.82, 2.24) is 14.7 Å². The van der Waals surface area contributed by atoms with E-state index >= 15 is 0 Å². The minimum absolute atomic E-state index is 0.123. The predicted molar refractivity (Wildman–Crippen MR) is 132 cm³/mol. The molecule has 32 heavy (non-hydrogen) atoms. The van der Waals surface area contributed by atoms with Crippen LogP contribution < -0.4 is 0 Å². The summed E-state index contributed by atoms with van der Waals surface area (Å²) in [7, 11) is 0. The highest BCUT2D eigenvalue weighted by Gasteiger charge is 2.44. The van der Waals surface area contributed by atoms with Gasteiger partial charge in [0.2, 0.25) is 0 Å². The van der Waals surface area contributed by atoms with Crippen LogP contribution in [0.2, 0.25) is 4.34 Å². The zero-order valence-electron chi connectivity index (χ0n) is 20.5. The van der Waals surface area contributed by atoms with Gasteiger partial charge in [-0.1, -0.05) is 46.2 Å². The molecule has 0 radical (unpaired) electrons. The van der Waals surface area contributed by atoms with Gasteiger partial charge in [0.1, 0.15) is 5.60 Å². The molecule has 180 valence electrons. The summed E-state index contributed by atoms with van der Waals surface area (Å²) in [6, 6.07) is 2.16. The molecule has 2 unspecified atom stereocenters. The van der Waals surface area contributed by atoms with Crippen LogP contribution >= 0.6 is 22.9 Å². The largest absolute Gasteiger partial charge is 0.369 e. The maximum atomic E-state index is 10.3. The number of nitrogens with zero attached hydrogens (tertiary/aromatic N) is 3. The molecule has 1 fully saturated rings. The molecule has 2 aliphatic heterocycles. The van der Waals surface area contributed by atoms with Crippen LogP contribution in [-0.4, -0.2) is 41.1 Å². The van der Waals surface area contributed by atoms with Crippen molar-refractivity contribution in [2.75, 3.05) is 26.4 Å². The highest BCUT2D eigenvalue weighted by molar-refractivity contribution is 7.16. The van der Waals surface area contributed by atoms with E-state index in [2.05, 4.69) is 61.6 Å². The van der Waals surface area contributed by atoms with Gasteiger partial charge in [-0.15, -0.1) is 11.3 Å². The second kappa shape index (κ2) is 10.5. The fraction of sp³-hybridized carbons (Fsp3) is 0.720. The van der Waals surface area contributed by atoms with E-state index in [1.54, 1.807) is 11.3 Å². The molecular weight excluding hydrogens is 445 g/mol. The average molecular weight is 484 g/mol. The van der Waals surface area contributed by atoms with E-state index in [1.807, 2.05) is 6.20 Å². The second-order valence-corrected chi connectivity index (χ2v) is 12.1. The van der Waals surface area contributed by atoms with Gasteiger partial charge in [-0.05, 0) is 42.7 Å². The number of halogens is 2. The molecule has 0 aromatic carbocycles. The van der Waals surface area contributed by atoms with Crippen LogP contribution in [0.25, 0.3) is 0 Å². The molecule has 1 spiro atoms. The summed E-state index contributed by atoms with van der Waals surface area (Å²) in [6.45, 7) is 17.5. The molecule has 0 N–H and O–H groups in total. The Balaban J connectivity index is 0.000000913. The predicted octanol–water partition coefficient (Wildman–Crippen LogP) is 6.88. The Hall–Kier alpha value is -0.950. The van der Waals surface area contributed by atoms with Crippen molar-refractivity contribution < 1.29 is 9.13 Å². The molecule has 2 atom stereocenters. The molecule has 4 rings (SSSR count). The molecule has 1 saturated heterocycles. The number of alkyl halides is 1. The van der Waals surface area contributed by atoms with Gasteiger partial charge in [0.25, 0.3) is 0 Å². The van der Waals surface area contributed by atoms with Crippen LogP contribution in [0.15, 0.2) is 18.5 Å². The van der Waals surface area contributed by atoms with Gasteiger partial charge >= 0.3 is 0 Å². The monoisotopic (exact) mass is 483 g/mol. The Kier molecular flexibility index (Phi) is 8.46. The zero-order valence-corrected chi connectivity index (χ0v) is 22.0. The van der Waals surface area contributed by atoms with Crippen molar-refractivity contribution in [2.45, 2.75) is 79.0 Å². The van der Waals surface area contributed by atoms with Crippen LogP contribution in [0.3, 0.4) is 0 Å². The fourth-order valence-electron chi connectivity index (χ4n) is 4.38. The third kappa shape index (κ3) is 5.94. The normalized spacial score (nSPS) is 21.7. The maximum absolute atomic E-state index is 10.3. The zero-order chi connectivity index (χ0) is 23.5. The lowest BCUT2D eigenvalue weighted by atomic mass is 9.82. The Morgan fingerprint density at radius 2 is 2.00 bits per heavy atom. The summed E-state index contributed by atoms with van der Waals surface area (Å²) in [4.78, 5) is 3.92. The van der Waals surface area contributed by atoms with Crippen molar-refractivity contribution in [1.29, 1.82) is 0 Å². The first-order valence-electron chi connectivity index (χ1n) is 11.8. The molecule has 0 saturated carbocycles. The Labute approximate surface area is 202 Å². The molecular formula is C25H39ClFN3OS. The van der Waals surface area contributed by atoms with Crippen LogP contribution in [0.1, 0.15) is 76.3 Å². The van der Waals surface area contributed by atoms with Crippen LogP contribution in [0, 0.1) is 11.3 Å². The van der Waals surface area contributed by atoms with E-state index in [-0.39, 0.29) is 12.3 Å². The smallest absolute Gasteiger partial charge is 0.105 e. The van der Waals surface area contributed by atoms with Crippen molar-refractivity contribution in [3.63, 3.8) is 0 Å². The van der Waals surface area contributed by atoms with Gasteiger partial charge in [0.15, 0.2) is 0 Å². The van der Waals surface area contributed by atoms with E-state index in [4.69, 9.17) is 16.3 Å². The number of rotatable bonds is 4. The van der Waals surface area contributed by atoms with Gasteiger partial charge < -0.3 is 4.74 Å². The summed E-state index contributed by atoms with van der Waals surface area (Å²) >= 11 is 8.09. The van der Waals surface area contributed by atoms with Crippen molar-refractivity contribution in [2.24, 2.45) is 11.3 Å². The number of ether oxygens (including phenoxy) is 1. The first kappa shape index (κ1) is 25.7. The third-order valence-electron chi connectivity index (χ3n) is 6.98. The molecule has 2 aliphatic rings. The molecule has 4 heterocycles. The summed E-state index contributed by atoms with van der Waals surface area (Å²) in [5, 5.41) is 4.61. The van der Waals surface area contributed by atoms with E-state index < -0.39 is 0 Å². The van der Waals surface area contributed by atoms with Crippen LogP contribution in [0.4, 0.5) is 4.39 Å². The summed E-state index contributed by atoms with van der Waals surface area (Å²) in [6.07, 6.45) is 6.34. The van der Waals surface area contributed by atoms with E-state index in [9.17, 15) is 4.39 Å². The van der Waals surface area contributed by atoms with Gasteiger partial charge in [0, 0.05) is 48.7 Å². The van der Waals surface area contributed by atoms with E-state index in [0.29, 0.717) is 17.3 Å². The first-order valence-corrected chi connectivity index (χ1v) is 13.0. The number of piperidine rings is 1. The Bertz CT molecular complexity index is 867. The number of aromatic nitrogens is 2. The lowest BCUT2D eigenvalue weighted by molar-refractivity contribution is -0.102. The van der Waals surface area contributed by atoms with E-state index in [1.165, 1.54) is 22.9 Å². The lowest BCUT2D eigenvalue weighted by Crippen LogP contribution is -2.46. The SMILES string of the molecule is CC1COC2(CCN(Cc3cnn(CC(C)C(C)(C)C)c3)CC2)c2sc(Cl)cc21.CCF. The summed E-state index contributed by atoms with van der Waals surface area (Å²) < 4.78 is 19.7. The highest BCUT2D eigenvalue weighted by atomic mass is 35.5. The van der Waals surface area contributed by atoms with Gasteiger partial charge in [-0.3, -0.25) is 14.0 Å². The molecule has 0 aliphatic carbocycles. The van der Waals surface area contributed by atoms with Crippen molar-refractivity contribution in [3.8, 4) is 0 Å². The third-order valence-corrected chi connectivity index (χ3v) is 8.45.